The fourth-order valence-electron chi connectivity index (χ4n) is 2.29. The molecule has 1 saturated carbocycles. The van der Waals surface area contributed by atoms with Gasteiger partial charge in [-0.15, -0.1) is 0 Å². The van der Waals surface area contributed by atoms with Crippen LogP contribution in [0.1, 0.15) is 31.2 Å². The number of aliphatic hydroxyl groups is 1. The first kappa shape index (κ1) is 12.8. The topological polar surface area (TPSA) is 88.3 Å². The maximum absolute atomic E-state index is 10.7. The van der Waals surface area contributed by atoms with Gasteiger partial charge in [-0.3, -0.25) is 10.1 Å². The average molecular weight is 251 g/mol. The molecule has 0 aliphatic heterocycles. The predicted molar refractivity (Wildman–Crippen MR) is 67.5 cm³/mol. The number of aliphatic hydroxyl groups excluding tert-OH is 1. The van der Waals surface area contributed by atoms with E-state index in [9.17, 15) is 15.2 Å². The summed E-state index contributed by atoms with van der Waals surface area (Å²) in [5.41, 5.74) is 0.590. The SMILES string of the molecule is Cc1cc(N[C@H]2CCCC[C@@H]2O)ncc1[N+](=O)[O-]. The van der Waals surface area contributed by atoms with Gasteiger partial charge in [0.05, 0.1) is 17.1 Å². The average Bonchev–Trinajstić information content (AvgIpc) is 2.32. The summed E-state index contributed by atoms with van der Waals surface area (Å²) in [5.74, 6) is 0.587. The molecule has 2 N–H and O–H groups in total. The Bertz CT molecular complexity index is 450. The van der Waals surface area contributed by atoms with E-state index in [0.29, 0.717) is 11.4 Å². The number of nitro groups is 1. The Morgan fingerprint density at radius 3 is 2.83 bits per heavy atom. The Kier molecular flexibility index (Phi) is 3.76. The molecule has 0 saturated heterocycles. The molecule has 1 aliphatic rings. The van der Waals surface area contributed by atoms with Crippen molar-refractivity contribution in [3.8, 4) is 0 Å². The Labute approximate surface area is 105 Å². The van der Waals surface area contributed by atoms with Crippen molar-refractivity contribution in [1.82, 2.24) is 4.98 Å². The molecule has 98 valence electrons. The van der Waals surface area contributed by atoms with Gasteiger partial charge in [-0.25, -0.2) is 4.98 Å². The van der Waals surface area contributed by atoms with E-state index in [1.54, 1.807) is 13.0 Å². The van der Waals surface area contributed by atoms with E-state index < -0.39 is 4.92 Å². The molecule has 2 atom stereocenters. The van der Waals surface area contributed by atoms with Gasteiger partial charge in [0.2, 0.25) is 0 Å². The first-order valence-corrected chi connectivity index (χ1v) is 6.13. The Morgan fingerprint density at radius 2 is 2.22 bits per heavy atom. The second kappa shape index (κ2) is 5.30. The van der Waals surface area contributed by atoms with Gasteiger partial charge in [0.1, 0.15) is 12.0 Å². The first-order chi connectivity index (χ1) is 8.58. The zero-order chi connectivity index (χ0) is 13.1. The molecule has 1 aromatic heterocycles. The number of hydrogen-bond acceptors (Lipinski definition) is 5. The first-order valence-electron chi connectivity index (χ1n) is 6.13. The van der Waals surface area contributed by atoms with Gasteiger partial charge in [-0.1, -0.05) is 12.8 Å². The third kappa shape index (κ3) is 2.76. The van der Waals surface area contributed by atoms with Crippen molar-refractivity contribution in [2.75, 3.05) is 5.32 Å². The summed E-state index contributed by atoms with van der Waals surface area (Å²) in [6.07, 6.45) is 4.72. The lowest BCUT2D eigenvalue weighted by atomic mass is 9.92. The van der Waals surface area contributed by atoms with Crippen LogP contribution in [0.15, 0.2) is 12.3 Å². The fourth-order valence-corrected chi connectivity index (χ4v) is 2.29. The third-order valence-corrected chi connectivity index (χ3v) is 3.34. The lowest BCUT2D eigenvalue weighted by Gasteiger charge is -2.28. The zero-order valence-corrected chi connectivity index (χ0v) is 10.3. The van der Waals surface area contributed by atoms with E-state index in [-0.39, 0.29) is 17.8 Å². The van der Waals surface area contributed by atoms with Crippen molar-refractivity contribution in [2.24, 2.45) is 0 Å². The van der Waals surface area contributed by atoms with Crippen LogP contribution in [0.4, 0.5) is 11.5 Å². The molecular weight excluding hydrogens is 234 g/mol. The van der Waals surface area contributed by atoms with Crippen LogP contribution in [-0.2, 0) is 0 Å². The van der Waals surface area contributed by atoms with Crippen molar-refractivity contribution >= 4 is 11.5 Å². The van der Waals surface area contributed by atoms with Crippen LogP contribution < -0.4 is 5.32 Å². The summed E-state index contributed by atoms with van der Waals surface area (Å²) in [6.45, 7) is 1.68. The number of aryl methyl sites for hydroxylation is 1. The summed E-state index contributed by atoms with van der Waals surface area (Å²) in [7, 11) is 0. The number of rotatable bonds is 3. The molecule has 0 spiro atoms. The van der Waals surface area contributed by atoms with Gasteiger partial charge in [-0.05, 0) is 25.8 Å². The van der Waals surface area contributed by atoms with E-state index in [1.807, 2.05) is 0 Å². The van der Waals surface area contributed by atoms with Gasteiger partial charge >= 0.3 is 0 Å². The summed E-state index contributed by atoms with van der Waals surface area (Å²) >= 11 is 0. The van der Waals surface area contributed by atoms with Crippen LogP contribution in [-0.4, -0.2) is 27.2 Å². The van der Waals surface area contributed by atoms with Crippen molar-refractivity contribution in [2.45, 2.75) is 44.8 Å². The molecule has 1 heterocycles. The molecule has 0 unspecified atom stereocenters. The molecule has 6 nitrogen and oxygen atoms in total. The minimum Gasteiger partial charge on any atom is -0.391 e. The third-order valence-electron chi connectivity index (χ3n) is 3.34. The van der Waals surface area contributed by atoms with Gasteiger partial charge in [0, 0.05) is 5.56 Å². The van der Waals surface area contributed by atoms with Crippen LogP contribution in [0.2, 0.25) is 0 Å². The van der Waals surface area contributed by atoms with Crippen LogP contribution in [0.25, 0.3) is 0 Å². The molecule has 0 amide bonds. The van der Waals surface area contributed by atoms with Crippen LogP contribution >= 0.6 is 0 Å². The molecule has 18 heavy (non-hydrogen) atoms. The van der Waals surface area contributed by atoms with Gasteiger partial charge in [-0.2, -0.15) is 0 Å². The normalized spacial score (nSPS) is 23.7. The summed E-state index contributed by atoms with van der Waals surface area (Å²) < 4.78 is 0. The highest BCUT2D eigenvalue weighted by molar-refractivity contribution is 5.47. The summed E-state index contributed by atoms with van der Waals surface area (Å²) in [4.78, 5) is 14.3. The van der Waals surface area contributed by atoms with Crippen LogP contribution in [0.3, 0.4) is 0 Å². The van der Waals surface area contributed by atoms with E-state index in [4.69, 9.17) is 0 Å². The molecule has 6 heteroatoms. The number of aromatic nitrogens is 1. The highest BCUT2D eigenvalue weighted by Crippen LogP contribution is 2.24. The number of pyridine rings is 1. The Hall–Kier alpha value is -1.69. The number of nitrogens with one attached hydrogen (secondary N) is 1. The molecule has 1 aromatic rings. The van der Waals surface area contributed by atoms with Crippen molar-refractivity contribution < 1.29 is 10.0 Å². The van der Waals surface area contributed by atoms with Crippen LogP contribution in [0.5, 0.6) is 0 Å². The van der Waals surface area contributed by atoms with E-state index in [0.717, 1.165) is 25.7 Å². The highest BCUT2D eigenvalue weighted by Gasteiger charge is 2.23. The number of nitrogens with zero attached hydrogens (tertiary/aromatic N) is 2. The Morgan fingerprint density at radius 1 is 1.50 bits per heavy atom. The monoisotopic (exact) mass is 251 g/mol. The van der Waals surface area contributed by atoms with E-state index in [2.05, 4.69) is 10.3 Å². The molecule has 2 rings (SSSR count). The molecular formula is C12H17N3O3. The van der Waals surface area contributed by atoms with E-state index >= 15 is 0 Å². The lowest BCUT2D eigenvalue weighted by molar-refractivity contribution is -0.385. The molecule has 0 bridgehead atoms. The fraction of sp³-hybridized carbons (Fsp3) is 0.583. The molecule has 0 radical (unpaired) electrons. The standard InChI is InChI=1S/C12H17N3O3/c1-8-6-12(13-7-10(8)15(17)18)14-9-4-2-3-5-11(9)16/h6-7,9,11,16H,2-5H2,1H3,(H,13,14)/t9-,11-/m0/s1. The number of anilines is 1. The minimum absolute atomic E-state index is 0.00731. The van der Waals surface area contributed by atoms with Crippen molar-refractivity contribution in [3.63, 3.8) is 0 Å². The summed E-state index contributed by atoms with van der Waals surface area (Å²) in [5, 5.41) is 23.7. The number of hydrogen-bond donors (Lipinski definition) is 2. The smallest absolute Gasteiger partial charge is 0.290 e. The van der Waals surface area contributed by atoms with Crippen LogP contribution in [0, 0.1) is 17.0 Å². The Balaban J connectivity index is 2.10. The maximum Gasteiger partial charge on any atom is 0.290 e. The highest BCUT2D eigenvalue weighted by atomic mass is 16.6. The van der Waals surface area contributed by atoms with Gasteiger partial charge in [0.15, 0.2) is 0 Å². The van der Waals surface area contributed by atoms with Gasteiger partial charge < -0.3 is 10.4 Å². The molecule has 1 fully saturated rings. The van der Waals surface area contributed by atoms with E-state index in [1.165, 1.54) is 6.20 Å². The van der Waals surface area contributed by atoms with Gasteiger partial charge in [0.25, 0.3) is 5.69 Å². The second-order valence-electron chi connectivity index (χ2n) is 4.72. The summed E-state index contributed by atoms with van der Waals surface area (Å²) in [6, 6.07) is 1.64. The molecule has 0 aromatic carbocycles. The van der Waals surface area contributed by atoms with Crippen molar-refractivity contribution in [1.29, 1.82) is 0 Å². The largest absolute Gasteiger partial charge is 0.391 e. The maximum atomic E-state index is 10.7. The van der Waals surface area contributed by atoms with Crippen molar-refractivity contribution in [3.05, 3.63) is 27.9 Å². The molecule has 1 aliphatic carbocycles. The second-order valence-corrected chi connectivity index (χ2v) is 4.72. The predicted octanol–water partition coefficient (Wildman–Crippen LogP) is 2.01. The minimum atomic E-state index is -0.443. The lowest BCUT2D eigenvalue weighted by Crippen LogP contribution is -2.36. The quantitative estimate of drug-likeness (QED) is 0.633. The zero-order valence-electron chi connectivity index (χ0n) is 10.3.